The monoisotopic (exact) mass is 504 g/mol. The third-order valence-electron chi connectivity index (χ3n) is 5.09. The smallest absolute Gasteiger partial charge is 0.306 e. The third kappa shape index (κ3) is 15.4. The molecule has 0 aliphatic heterocycles. The minimum atomic E-state index is -0.942. The predicted octanol–water partition coefficient (Wildman–Crippen LogP) is 0.377. The third-order valence-corrected chi connectivity index (χ3v) is 5.09. The number of benzene rings is 1. The van der Waals surface area contributed by atoms with Gasteiger partial charge in [-0.15, -0.1) is 0 Å². The minimum Gasteiger partial charge on any atom is -0.493 e. The van der Waals surface area contributed by atoms with Crippen LogP contribution in [-0.4, -0.2) is 114 Å². The Hall–Kier alpha value is -2.63. The zero-order valence-corrected chi connectivity index (χ0v) is 21.0. The van der Waals surface area contributed by atoms with Gasteiger partial charge in [0.15, 0.2) is 0 Å². The van der Waals surface area contributed by atoms with Gasteiger partial charge in [0.2, 0.25) is 0 Å². The number of aliphatic hydroxyl groups is 4. The lowest BCUT2D eigenvalue weighted by Crippen LogP contribution is -2.27. The molecule has 0 heterocycles. The second kappa shape index (κ2) is 20.6. The van der Waals surface area contributed by atoms with Gasteiger partial charge in [0.1, 0.15) is 5.75 Å². The van der Waals surface area contributed by atoms with Crippen molar-refractivity contribution in [1.82, 2.24) is 9.80 Å². The summed E-state index contributed by atoms with van der Waals surface area (Å²) in [6.07, 6.45) is 2.41. The molecular formula is C27H40N2O7. The van der Waals surface area contributed by atoms with Crippen molar-refractivity contribution in [1.29, 1.82) is 0 Å². The Bertz CT molecular complexity index is 796. The molecule has 9 heteroatoms. The van der Waals surface area contributed by atoms with Crippen molar-refractivity contribution >= 4 is 5.97 Å². The molecule has 0 saturated heterocycles. The molecule has 0 unspecified atom stereocenters. The number of ether oxygens (including phenoxy) is 1. The summed E-state index contributed by atoms with van der Waals surface area (Å²) in [7, 11) is 0. The number of nitrogens with zero attached hydrogens (tertiary/aromatic N) is 2. The van der Waals surface area contributed by atoms with Crippen LogP contribution in [0.3, 0.4) is 0 Å². The van der Waals surface area contributed by atoms with E-state index in [2.05, 4.69) is 33.5 Å². The standard InChI is InChI=1S/C27H40N2O7/c30-16-3-12-28(13-4-17-31)10-1-7-24-21-25(23-26(22-24)36-20-9-27(34)35)8-2-11-29(14-5-18-32)15-6-19-33/h21-23,30-33H,3-6,9-20H2,(H,34,35). The van der Waals surface area contributed by atoms with Crippen molar-refractivity contribution in [2.75, 3.05) is 72.3 Å². The van der Waals surface area contributed by atoms with Crippen molar-refractivity contribution in [3.05, 3.63) is 29.3 Å². The summed E-state index contributed by atoms with van der Waals surface area (Å²) < 4.78 is 5.62. The molecule has 0 spiro atoms. The van der Waals surface area contributed by atoms with E-state index in [-0.39, 0.29) is 39.5 Å². The fourth-order valence-electron chi connectivity index (χ4n) is 3.31. The quantitative estimate of drug-likeness (QED) is 0.180. The van der Waals surface area contributed by atoms with Crippen LogP contribution in [0.2, 0.25) is 0 Å². The largest absolute Gasteiger partial charge is 0.493 e. The number of carbonyl (C=O) groups is 1. The molecule has 1 aromatic carbocycles. The van der Waals surface area contributed by atoms with E-state index in [9.17, 15) is 4.79 Å². The van der Waals surface area contributed by atoms with Gasteiger partial charge in [-0.1, -0.05) is 23.7 Å². The van der Waals surface area contributed by atoms with E-state index in [0.29, 0.717) is 81.8 Å². The van der Waals surface area contributed by atoms with Crippen LogP contribution < -0.4 is 4.74 Å². The topological polar surface area (TPSA) is 134 Å². The Kier molecular flexibility index (Phi) is 17.9. The zero-order chi connectivity index (χ0) is 26.4. The fraction of sp³-hybridized carbons (Fsp3) is 0.593. The van der Waals surface area contributed by atoms with Crippen molar-refractivity contribution in [2.45, 2.75) is 32.1 Å². The van der Waals surface area contributed by atoms with Gasteiger partial charge in [0.05, 0.1) is 26.1 Å². The minimum absolute atomic E-state index is 0.0330. The van der Waals surface area contributed by atoms with Gasteiger partial charge in [-0.05, 0) is 43.9 Å². The first-order chi connectivity index (χ1) is 17.5. The molecule has 0 aliphatic carbocycles. The molecule has 5 N–H and O–H groups in total. The molecule has 0 aromatic heterocycles. The molecule has 0 atom stereocenters. The van der Waals surface area contributed by atoms with E-state index >= 15 is 0 Å². The first kappa shape index (κ1) is 31.4. The van der Waals surface area contributed by atoms with Crippen molar-refractivity contribution in [2.24, 2.45) is 0 Å². The maximum absolute atomic E-state index is 10.8. The number of carboxylic acids is 1. The van der Waals surface area contributed by atoms with Crippen LogP contribution in [0.4, 0.5) is 0 Å². The molecule has 0 saturated carbocycles. The lowest BCUT2D eigenvalue weighted by atomic mass is 10.1. The predicted molar refractivity (Wildman–Crippen MR) is 138 cm³/mol. The Morgan fingerprint density at radius 2 is 1.14 bits per heavy atom. The van der Waals surface area contributed by atoms with E-state index < -0.39 is 5.97 Å². The number of hydrogen-bond acceptors (Lipinski definition) is 8. The maximum atomic E-state index is 10.8. The van der Waals surface area contributed by atoms with Gasteiger partial charge >= 0.3 is 5.97 Å². The molecule has 0 bridgehead atoms. The summed E-state index contributed by atoms with van der Waals surface area (Å²) in [5, 5.41) is 45.3. The molecular weight excluding hydrogens is 464 g/mol. The average molecular weight is 505 g/mol. The molecule has 36 heavy (non-hydrogen) atoms. The van der Waals surface area contributed by atoms with E-state index in [1.165, 1.54) is 0 Å². The van der Waals surface area contributed by atoms with Crippen LogP contribution in [0.5, 0.6) is 5.75 Å². The summed E-state index contributed by atoms with van der Waals surface area (Å²) in [5.41, 5.74) is 1.38. The molecule has 0 amide bonds. The number of aliphatic carboxylic acids is 1. The van der Waals surface area contributed by atoms with Crippen molar-refractivity contribution in [3.63, 3.8) is 0 Å². The van der Waals surface area contributed by atoms with Crippen LogP contribution in [0.25, 0.3) is 0 Å². The van der Waals surface area contributed by atoms with Gasteiger partial charge < -0.3 is 30.3 Å². The summed E-state index contributed by atoms with van der Waals surface area (Å²) in [6.45, 7) is 4.11. The van der Waals surface area contributed by atoms with Crippen LogP contribution in [0, 0.1) is 23.7 Å². The van der Waals surface area contributed by atoms with Gasteiger partial charge in [-0.3, -0.25) is 14.6 Å². The second-order valence-corrected chi connectivity index (χ2v) is 8.20. The number of carboxylic acid groups (broad SMARTS) is 1. The highest BCUT2D eigenvalue weighted by atomic mass is 16.5. The van der Waals surface area contributed by atoms with E-state index in [1.54, 1.807) is 12.1 Å². The summed E-state index contributed by atoms with van der Waals surface area (Å²) in [5.74, 6) is 12.0. The molecule has 200 valence electrons. The normalized spacial score (nSPS) is 10.6. The number of hydrogen-bond donors (Lipinski definition) is 5. The van der Waals surface area contributed by atoms with E-state index in [0.717, 1.165) is 0 Å². The SMILES string of the molecule is O=C(O)CCOc1cc(C#CCN(CCCO)CCCO)cc(C#CCN(CCCO)CCCO)c1. The highest BCUT2D eigenvalue weighted by Gasteiger charge is 2.05. The van der Waals surface area contributed by atoms with Gasteiger partial charge in [-0.2, -0.15) is 0 Å². The Labute approximate surface area is 214 Å². The van der Waals surface area contributed by atoms with Crippen LogP contribution in [0.15, 0.2) is 18.2 Å². The van der Waals surface area contributed by atoms with Crippen molar-refractivity contribution in [3.8, 4) is 29.4 Å². The van der Waals surface area contributed by atoms with E-state index in [1.807, 2.05) is 6.07 Å². The summed E-state index contributed by atoms with van der Waals surface area (Å²) in [4.78, 5) is 15.0. The lowest BCUT2D eigenvalue weighted by molar-refractivity contribution is -0.137. The number of rotatable bonds is 18. The highest BCUT2D eigenvalue weighted by Crippen LogP contribution is 2.17. The highest BCUT2D eigenvalue weighted by molar-refractivity contribution is 5.66. The van der Waals surface area contributed by atoms with Gasteiger partial charge in [0.25, 0.3) is 0 Å². The first-order valence-electron chi connectivity index (χ1n) is 12.4. The van der Waals surface area contributed by atoms with E-state index in [4.69, 9.17) is 30.3 Å². The molecule has 0 fully saturated rings. The average Bonchev–Trinajstić information content (AvgIpc) is 2.86. The maximum Gasteiger partial charge on any atom is 0.306 e. The van der Waals surface area contributed by atoms with Gasteiger partial charge in [0, 0.05) is 63.7 Å². The first-order valence-corrected chi connectivity index (χ1v) is 12.4. The summed E-state index contributed by atoms with van der Waals surface area (Å²) >= 11 is 0. The number of aliphatic hydroxyl groups excluding tert-OH is 4. The van der Waals surface area contributed by atoms with Gasteiger partial charge in [-0.25, -0.2) is 0 Å². The Balaban J connectivity index is 3.01. The Morgan fingerprint density at radius 1 is 0.722 bits per heavy atom. The molecule has 0 aliphatic rings. The van der Waals surface area contributed by atoms with Crippen molar-refractivity contribution < 1.29 is 35.1 Å². The van der Waals surface area contributed by atoms with Crippen LogP contribution in [-0.2, 0) is 4.79 Å². The van der Waals surface area contributed by atoms with Crippen LogP contribution in [0.1, 0.15) is 43.2 Å². The van der Waals surface area contributed by atoms with Crippen LogP contribution >= 0.6 is 0 Å². The molecule has 1 aromatic rings. The second-order valence-electron chi connectivity index (χ2n) is 8.20. The Morgan fingerprint density at radius 3 is 1.50 bits per heavy atom. The summed E-state index contributed by atoms with van der Waals surface area (Å²) in [6, 6.07) is 5.35. The molecule has 1 rings (SSSR count). The zero-order valence-electron chi connectivity index (χ0n) is 21.0. The fourth-order valence-corrected chi connectivity index (χ4v) is 3.31. The molecule has 9 nitrogen and oxygen atoms in total. The lowest BCUT2D eigenvalue weighted by Gasteiger charge is -2.18. The molecule has 0 radical (unpaired) electrons.